The Bertz CT molecular complexity index is 905. The number of thiophene rings is 1. The lowest BCUT2D eigenvalue weighted by molar-refractivity contribution is -0.132. The molecule has 3 aromatic rings. The van der Waals surface area contributed by atoms with Gasteiger partial charge in [0.1, 0.15) is 5.69 Å². The fraction of sp³-hybridized carbons (Fsp3) is 0.400. The molecular formula is C20H23N5OS. The van der Waals surface area contributed by atoms with Crippen LogP contribution in [-0.2, 0) is 24.7 Å². The smallest absolute Gasteiger partial charge is 0.227 e. The van der Waals surface area contributed by atoms with Gasteiger partial charge >= 0.3 is 0 Å². The van der Waals surface area contributed by atoms with E-state index in [0.717, 1.165) is 54.3 Å². The van der Waals surface area contributed by atoms with Gasteiger partial charge in [0, 0.05) is 37.4 Å². The van der Waals surface area contributed by atoms with Crippen LogP contribution in [-0.4, -0.2) is 43.4 Å². The quantitative estimate of drug-likeness (QED) is 0.682. The molecule has 0 saturated carbocycles. The summed E-state index contributed by atoms with van der Waals surface area (Å²) in [6.45, 7) is 1.65. The van der Waals surface area contributed by atoms with Gasteiger partial charge in [0.05, 0.1) is 30.3 Å². The summed E-state index contributed by atoms with van der Waals surface area (Å²) in [4.78, 5) is 29.2. The Morgan fingerprint density at radius 1 is 1.33 bits per heavy atom. The Morgan fingerprint density at radius 3 is 3.00 bits per heavy atom. The van der Waals surface area contributed by atoms with Crippen LogP contribution >= 0.6 is 11.3 Å². The Hall–Kier alpha value is -2.54. The Morgan fingerprint density at radius 2 is 2.22 bits per heavy atom. The maximum atomic E-state index is 12.7. The van der Waals surface area contributed by atoms with Gasteiger partial charge in [-0.2, -0.15) is 0 Å². The topological polar surface area (TPSA) is 63.9 Å². The van der Waals surface area contributed by atoms with Gasteiger partial charge in [-0.25, -0.2) is 4.98 Å². The molecule has 27 heavy (non-hydrogen) atoms. The number of carbonyl (C=O) groups is 1. The highest BCUT2D eigenvalue weighted by Gasteiger charge is 2.25. The maximum absolute atomic E-state index is 12.7. The first-order valence-electron chi connectivity index (χ1n) is 9.27. The minimum atomic E-state index is 0.230. The average molecular weight is 382 g/mol. The number of hydrogen-bond acceptors (Lipinski definition) is 5. The van der Waals surface area contributed by atoms with E-state index < -0.39 is 0 Å². The Balaban J connectivity index is 1.46. The lowest BCUT2D eigenvalue weighted by atomic mass is 9.92. The molecule has 0 unspecified atom stereocenters. The van der Waals surface area contributed by atoms with E-state index in [-0.39, 0.29) is 5.91 Å². The number of piperidine rings is 1. The largest absolute Gasteiger partial charge is 0.342 e. The van der Waals surface area contributed by atoms with Crippen molar-refractivity contribution in [2.75, 3.05) is 13.1 Å². The first-order valence-corrected chi connectivity index (χ1v) is 10.2. The molecule has 0 N–H and O–H groups in total. The molecule has 7 heteroatoms. The third kappa shape index (κ3) is 4.08. The molecule has 1 atom stereocenters. The number of aryl methyl sites for hydroxylation is 1. The summed E-state index contributed by atoms with van der Waals surface area (Å²) in [6, 6.07) is 4.03. The van der Waals surface area contributed by atoms with E-state index >= 15 is 0 Å². The maximum Gasteiger partial charge on any atom is 0.227 e. The van der Waals surface area contributed by atoms with Crippen LogP contribution in [0.1, 0.15) is 23.4 Å². The third-order valence-electron chi connectivity index (χ3n) is 5.09. The number of likely N-dealkylation sites (tertiary alicyclic amines) is 1. The number of rotatable bonds is 5. The highest BCUT2D eigenvalue weighted by atomic mass is 32.1. The molecule has 140 valence electrons. The number of nitrogens with zero attached hydrogens (tertiary/aromatic N) is 5. The van der Waals surface area contributed by atoms with Crippen molar-refractivity contribution < 1.29 is 4.79 Å². The van der Waals surface area contributed by atoms with Crippen molar-refractivity contribution in [3.63, 3.8) is 0 Å². The molecule has 0 aromatic carbocycles. The summed E-state index contributed by atoms with van der Waals surface area (Å²) in [7, 11) is 1.96. The highest BCUT2D eigenvalue weighted by Crippen LogP contribution is 2.26. The van der Waals surface area contributed by atoms with Crippen molar-refractivity contribution in [2.24, 2.45) is 13.0 Å². The first-order chi connectivity index (χ1) is 13.2. The van der Waals surface area contributed by atoms with Crippen molar-refractivity contribution >= 4 is 17.2 Å². The molecule has 4 rings (SSSR count). The van der Waals surface area contributed by atoms with Crippen LogP contribution in [0.5, 0.6) is 0 Å². The minimum absolute atomic E-state index is 0.230. The zero-order valence-corrected chi connectivity index (χ0v) is 16.2. The van der Waals surface area contributed by atoms with E-state index in [1.165, 1.54) is 0 Å². The molecule has 1 aliphatic heterocycles. The molecule has 0 bridgehead atoms. The van der Waals surface area contributed by atoms with Crippen LogP contribution in [0.4, 0.5) is 0 Å². The number of hydrogen-bond donors (Lipinski definition) is 0. The van der Waals surface area contributed by atoms with Gasteiger partial charge in [-0.15, -0.1) is 11.3 Å². The number of amides is 1. The third-order valence-corrected chi connectivity index (χ3v) is 5.97. The molecule has 1 fully saturated rings. The molecular weight excluding hydrogens is 358 g/mol. The summed E-state index contributed by atoms with van der Waals surface area (Å²) >= 11 is 1.65. The van der Waals surface area contributed by atoms with Gasteiger partial charge in [0.2, 0.25) is 5.91 Å². The van der Waals surface area contributed by atoms with Gasteiger partial charge in [-0.1, -0.05) is 6.07 Å². The molecule has 1 amide bonds. The normalized spacial score (nSPS) is 17.2. The van der Waals surface area contributed by atoms with E-state index in [4.69, 9.17) is 0 Å². The second-order valence-corrected chi connectivity index (χ2v) is 8.08. The van der Waals surface area contributed by atoms with E-state index in [2.05, 4.69) is 15.0 Å². The molecule has 1 aliphatic rings. The number of carbonyl (C=O) groups excluding carboxylic acids is 1. The first kappa shape index (κ1) is 17.9. The molecule has 0 aliphatic carbocycles. The SMILES string of the molecule is Cn1cncc1-c1nccnc1C[C@@H]1CCCN(C(=O)Cc2cccs2)C1. The lowest BCUT2D eigenvalue weighted by Gasteiger charge is -2.33. The predicted octanol–water partition coefficient (Wildman–Crippen LogP) is 2.96. The zero-order chi connectivity index (χ0) is 18.6. The monoisotopic (exact) mass is 381 g/mol. The lowest BCUT2D eigenvalue weighted by Crippen LogP contribution is -2.41. The fourth-order valence-corrected chi connectivity index (χ4v) is 4.42. The summed E-state index contributed by atoms with van der Waals surface area (Å²) in [5, 5.41) is 2.02. The Labute approximate surface area is 162 Å². The van der Waals surface area contributed by atoms with Crippen LogP contribution in [0.15, 0.2) is 42.4 Å². The Kier molecular flexibility index (Phi) is 5.29. The van der Waals surface area contributed by atoms with Crippen LogP contribution in [0.3, 0.4) is 0 Å². The predicted molar refractivity (Wildman–Crippen MR) is 105 cm³/mol. The molecule has 3 aromatic heterocycles. The van der Waals surface area contributed by atoms with Gasteiger partial charge in [0.25, 0.3) is 0 Å². The van der Waals surface area contributed by atoms with E-state index in [9.17, 15) is 4.79 Å². The van der Waals surface area contributed by atoms with Gasteiger partial charge < -0.3 is 9.47 Å². The van der Waals surface area contributed by atoms with E-state index in [1.54, 1.807) is 30.1 Å². The summed E-state index contributed by atoms with van der Waals surface area (Å²) in [5.41, 5.74) is 2.85. The minimum Gasteiger partial charge on any atom is -0.342 e. The van der Waals surface area contributed by atoms with Crippen LogP contribution in [0.25, 0.3) is 11.4 Å². The molecule has 1 saturated heterocycles. The van der Waals surface area contributed by atoms with Crippen molar-refractivity contribution in [3.05, 3.63) is 53.0 Å². The number of imidazole rings is 1. The van der Waals surface area contributed by atoms with Crippen molar-refractivity contribution in [2.45, 2.75) is 25.7 Å². The molecule has 4 heterocycles. The van der Waals surface area contributed by atoms with E-state index in [1.807, 2.05) is 40.2 Å². The van der Waals surface area contributed by atoms with Gasteiger partial charge in [0.15, 0.2) is 0 Å². The summed E-state index contributed by atoms with van der Waals surface area (Å²) < 4.78 is 1.96. The zero-order valence-electron chi connectivity index (χ0n) is 15.4. The van der Waals surface area contributed by atoms with Crippen molar-refractivity contribution in [1.29, 1.82) is 0 Å². The highest BCUT2D eigenvalue weighted by molar-refractivity contribution is 7.10. The van der Waals surface area contributed by atoms with Crippen molar-refractivity contribution in [1.82, 2.24) is 24.4 Å². The van der Waals surface area contributed by atoms with Crippen LogP contribution < -0.4 is 0 Å². The summed E-state index contributed by atoms with van der Waals surface area (Å²) in [5.74, 6) is 0.642. The van der Waals surface area contributed by atoms with Crippen LogP contribution in [0, 0.1) is 5.92 Å². The van der Waals surface area contributed by atoms with Crippen molar-refractivity contribution in [3.8, 4) is 11.4 Å². The molecule has 0 spiro atoms. The van der Waals surface area contributed by atoms with Crippen LogP contribution in [0.2, 0.25) is 0 Å². The number of aromatic nitrogens is 4. The fourth-order valence-electron chi connectivity index (χ4n) is 3.72. The molecule has 0 radical (unpaired) electrons. The summed E-state index contributed by atoms with van der Waals surface area (Å²) in [6.07, 6.45) is 10.6. The molecule has 6 nitrogen and oxygen atoms in total. The van der Waals surface area contributed by atoms with Gasteiger partial charge in [-0.05, 0) is 36.6 Å². The van der Waals surface area contributed by atoms with E-state index in [0.29, 0.717) is 12.3 Å². The van der Waals surface area contributed by atoms with Gasteiger partial charge in [-0.3, -0.25) is 14.8 Å². The standard InChI is InChI=1S/C20H23N5OS/c1-24-14-21-12-18(24)20-17(22-6-7-23-20)10-15-4-2-8-25(13-15)19(26)11-16-5-3-9-27-16/h3,5-7,9,12,14-15H,2,4,8,10-11,13H2,1H3/t15-/m0/s1. The second kappa shape index (κ2) is 8.00. The average Bonchev–Trinajstić information content (AvgIpc) is 3.34. The second-order valence-electron chi connectivity index (χ2n) is 7.05.